The summed E-state index contributed by atoms with van der Waals surface area (Å²) in [5.74, 6) is 0.829. The summed E-state index contributed by atoms with van der Waals surface area (Å²) in [6, 6.07) is 8.82. The van der Waals surface area contributed by atoms with Crippen LogP contribution >= 0.6 is 0 Å². The Labute approximate surface area is 146 Å². The van der Waals surface area contributed by atoms with Gasteiger partial charge in [-0.3, -0.25) is 9.69 Å². The topological polar surface area (TPSA) is 49.6 Å². The van der Waals surface area contributed by atoms with E-state index in [0.29, 0.717) is 0 Å². The molecule has 3 rings (SSSR count). The van der Waals surface area contributed by atoms with Crippen molar-refractivity contribution in [1.29, 1.82) is 0 Å². The molecule has 1 saturated carbocycles. The lowest BCUT2D eigenvalue weighted by Crippen LogP contribution is -2.47. The number of piperazine rings is 1. The number of hydrogen-bond acceptors (Lipinski definition) is 3. The third-order valence-corrected chi connectivity index (χ3v) is 5.84. The van der Waals surface area contributed by atoms with Crippen molar-refractivity contribution >= 4 is 11.6 Å². The zero-order valence-electron chi connectivity index (χ0n) is 14.9. The third kappa shape index (κ3) is 4.50. The van der Waals surface area contributed by atoms with Gasteiger partial charge in [0, 0.05) is 37.8 Å². The Hall–Kier alpha value is -1.55. The van der Waals surface area contributed by atoms with Crippen molar-refractivity contribution in [3.63, 3.8) is 0 Å². The molecule has 0 unspecified atom stereocenters. The summed E-state index contributed by atoms with van der Waals surface area (Å²) in [6.45, 7) is 7.92. The van der Waals surface area contributed by atoms with E-state index in [-0.39, 0.29) is 11.8 Å². The number of carbonyl (C=O) groups is 1. The number of carbonyl (C=O) groups excluding carboxylic acids is 1. The smallest absolute Gasteiger partial charge is 0.220 e. The number of rotatable bonds is 5. The van der Waals surface area contributed by atoms with Gasteiger partial charge in [-0.25, -0.2) is 0 Å². The first kappa shape index (κ1) is 17.3. The minimum Gasteiger partial charge on any atom is -0.369 e. The molecule has 2 N–H and O–H groups in total. The molecule has 1 heterocycles. The minimum atomic E-state index is -0.0966. The monoisotopic (exact) mass is 329 g/mol. The first-order valence-corrected chi connectivity index (χ1v) is 9.45. The highest BCUT2D eigenvalue weighted by atomic mass is 16.1. The lowest BCUT2D eigenvalue weighted by Gasteiger charge is -2.37. The van der Waals surface area contributed by atoms with Gasteiger partial charge in [-0.05, 0) is 69.2 Å². The number of benzene rings is 1. The van der Waals surface area contributed by atoms with Crippen molar-refractivity contribution in [2.45, 2.75) is 39.0 Å². The molecule has 1 aromatic carbocycles. The van der Waals surface area contributed by atoms with Crippen LogP contribution in [0.2, 0.25) is 0 Å². The second-order valence-corrected chi connectivity index (χ2v) is 7.58. The van der Waals surface area contributed by atoms with Crippen LogP contribution in [0.1, 0.15) is 37.7 Å². The molecule has 1 aliphatic heterocycles. The van der Waals surface area contributed by atoms with E-state index in [0.717, 1.165) is 44.9 Å². The van der Waals surface area contributed by atoms with E-state index in [1.54, 1.807) is 0 Å². The van der Waals surface area contributed by atoms with Gasteiger partial charge in [-0.1, -0.05) is 12.1 Å². The van der Waals surface area contributed by atoms with Crippen LogP contribution in [0.4, 0.5) is 5.69 Å². The van der Waals surface area contributed by atoms with Crippen LogP contribution in [0.25, 0.3) is 0 Å². The van der Waals surface area contributed by atoms with Crippen LogP contribution in [0.15, 0.2) is 24.3 Å². The van der Waals surface area contributed by atoms with E-state index < -0.39 is 0 Å². The number of anilines is 1. The predicted molar refractivity (Wildman–Crippen MR) is 99.1 cm³/mol. The van der Waals surface area contributed by atoms with Crippen molar-refractivity contribution in [3.8, 4) is 0 Å². The predicted octanol–water partition coefficient (Wildman–Crippen LogP) is 2.80. The van der Waals surface area contributed by atoms with Gasteiger partial charge in [-0.15, -0.1) is 0 Å². The Morgan fingerprint density at radius 1 is 1.12 bits per heavy atom. The normalized spacial score (nSPS) is 25.6. The number of nitrogens with two attached hydrogens (primary N) is 1. The molecule has 1 amide bonds. The Morgan fingerprint density at radius 2 is 1.83 bits per heavy atom. The van der Waals surface area contributed by atoms with Crippen LogP contribution < -0.4 is 10.6 Å². The van der Waals surface area contributed by atoms with E-state index in [9.17, 15) is 4.79 Å². The zero-order valence-corrected chi connectivity index (χ0v) is 14.9. The summed E-state index contributed by atoms with van der Waals surface area (Å²) in [7, 11) is 0. The van der Waals surface area contributed by atoms with Crippen molar-refractivity contribution in [2.24, 2.45) is 17.6 Å². The molecular weight excluding hydrogens is 298 g/mol. The molecule has 0 radical (unpaired) electrons. The van der Waals surface area contributed by atoms with E-state index in [1.807, 2.05) is 0 Å². The summed E-state index contributed by atoms with van der Waals surface area (Å²) >= 11 is 0. The van der Waals surface area contributed by atoms with Crippen LogP contribution in [-0.4, -0.2) is 43.5 Å². The molecule has 1 aliphatic carbocycles. The Kier molecular flexibility index (Phi) is 5.77. The quantitative estimate of drug-likeness (QED) is 0.904. The molecule has 2 aliphatic rings. The van der Waals surface area contributed by atoms with Crippen molar-refractivity contribution in [1.82, 2.24) is 4.90 Å². The average Bonchev–Trinajstić information content (AvgIpc) is 2.61. The summed E-state index contributed by atoms with van der Waals surface area (Å²) in [6.07, 6.45) is 5.63. The van der Waals surface area contributed by atoms with Crippen LogP contribution in [0.3, 0.4) is 0 Å². The summed E-state index contributed by atoms with van der Waals surface area (Å²) in [4.78, 5) is 16.3. The second kappa shape index (κ2) is 8.02. The summed E-state index contributed by atoms with van der Waals surface area (Å²) < 4.78 is 0. The lowest BCUT2D eigenvalue weighted by molar-refractivity contribution is -0.122. The molecule has 0 atom stereocenters. The highest BCUT2D eigenvalue weighted by Crippen LogP contribution is 2.30. The van der Waals surface area contributed by atoms with E-state index in [1.165, 1.54) is 37.1 Å². The summed E-state index contributed by atoms with van der Waals surface area (Å²) in [5, 5.41) is 0. The van der Waals surface area contributed by atoms with Gasteiger partial charge in [-0.2, -0.15) is 0 Å². The Morgan fingerprint density at radius 3 is 2.46 bits per heavy atom. The maximum absolute atomic E-state index is 11.2. The fourth-order valence-electron chi connectivity index (χ4n) is 4.16. The number of amides is 1. The molecular formula is C20H31N3O. The molecule has 24 heavy (non-hydrogen) atoms. The first-order valence-electron chi connectivity index (χ1n) is 9.45. The van der Waals surface area contributed by atoms with E-state index in [4.69, 9.17) is 5.73 Å². The fourth-order valence-corrected chi connectivity index (χ4v) is 4.16. The third-order valence-electron chi connectivity index (χ3n) is 5.84. The van der Waals surface area contributed by atoms with Gasteiger partial charge in [0.25, 0.3) is 0 Å². The molecule has 1 aromatic rings. The Bertz CT molecular complexity index is 544. The molecule has 4 nitrogen and oxygen atoms in total. The molecule has 132 valence electrons. The van der Waals surface area contributed by atoms with Crippen LogP contribution in [-0.2, 0) is 4.79 Å². The van der Waals surface area contributed by atoms with E-state index >= 15 is 0 Å². The fraction of sp³-hybridized carbons (Fsp3) is 0.650. The SMILES string of the molecule is Cc1cccc(N2CCN(CCC3CCC(C(N)=O)CC3)CC2)c1. The minimum absolute atomic E-state index is 0.0966. The molecule has 1 saturated heterocycles. The maximum atomic E-state index is 11.2. The van der Waals surface area contributed by atoms with Gasteiger partial charge < -0.3 is 10.6 Å². The van der Waals surface area contributed by atoms with Gasteiger partial charge in [0.1, 0.15) is 0 Å². The van der Waals surface area contributed by atoms with Gasteiger partial charge in [0.05, 0.1) is 0 Å². The first-order chi connectivity index (χ1) is 11.6. The molecule has 4 heteroatoms. The number of aryl methyl sites for hydroxylation is 1. The zero-order chi connectivity index (χ0) is 16.9. The summed E-state index contributed by atoms with van der Waals surface area (Å²) in [5.41, 5.74) is 8.12. The highest BCUT2D eigenvalue weighted by molar-refractivity contribution is 5.76. The highest BCUT2D eigenvalue weighted by Gasteiger charge is 2.25. The standard InChI is InChI=1S/C20H31N3O/c1-16-3-2-4-19(15-16)23-13-11-22(12-14-23)10-9-17-5-7-18(8-6-17)20(21)24/h2-4,15,17-18H,5-14H2,1H3,(H2,21,24). The van der Waals surface area contributed by atoms with Crippen LogP contribution in [0, 0.1) is 18.8 Å². The van der Waals surface area contributed by atoms with Crippen molar-refractivity contribution in [2.75, 3.05) is 37.6 Å². The van der Waals surface area contributed by atoms with Gasteiger partial charge >= 0.3 is 0 Å². The second-order valence-electron chi connectivity index (χ2n) is 7.58. The molecule has 2 fully saturated rings. The lowest BCUT2D eigenvalue weighted by atomic mass is 9.80. The number of hydrogen-bond donors (Lipinski definition) is 1. The van der Waals surface area contributed by atoms with Gasteiger partial charge in [0.15, 0.2) is 0 Å². The molecule has 0 spiro atoms. The van der Waals surface area contributed by atoms with Gasteiger partial charge in [0.2, 0.25) is 5.91 Å². The number of nitrogens with zero attached hydrogens (tertiary/aromatic N) is 2. The largest absolute Gasteiger partial charge is 0.369 e. The van der Waals surface area contributed by atoms with E-state index in [2.05, 4.69) is 41.0 Å². The molecule has 0 bridgehead atoms. The maximum Gasteiger partial charge on any atom is 0.220 e. The van der Waals surface area contributed by atoms with Crippen LogP contribution in [0.5, 0.6) is 0 Å². The number of primary amides is 1. The van der Waals surface area contributed by atoms with Crippen molar-refractivity contribution in [3.05, 3.63) is 29.8 Å². The average molecular weight is 329 g/mol. The van der Waals surface area contributed by atoms with Crippen molar-refractivity contribution < 1.29 is 4.79 Å². The molecule has 0 aromatic heterocycles. The Balaban J connectivity index is 1.38.